The minimum Gasteiger partial charge on any atom is -0.491 e. The summed E-state index contributed by atoms with van der Waals surface area (Å²) in [4.78, 5) is 37.6. The number of nitrogens with zero attached hydrogens (tertiary/aromatic N) is 2. The molecule has 2 heterocycles. The van der Waals surface area contributed by atoms with E-state index in [2.05, 4.69) is 35.1 Å². The fraction of sp³-hybridized carbons (Fsp3) is 0.424. The molecule has 11 nitrogen and oxygen atoms in total. The summed E-state index contributed by atoms with van der Waals surface area (Å²) in [5.74, 6) is 1.22. The molecule has 0 bridgehead atoms. The molecule has 0 aliphatic heterocycles. The van der Waals surface area contributed by atoms with Gasteiger partial charge in [-0.3, -0.25) is 4.98 Å². The van der Waals surface area contributed by atoms with Gasteiger partial charge in [0.2, 0.25) is 0 Å². The van der Waals surface area contributed by atoms with E-state index in [9.17, 15) is 4.79 Å². The Labute approximate surface area is 265 Å². The van der Waals surface area contributed by atoms with Gasteiger partial charge >= 0.3 is 0 Å². The summed E-state index contributed by atoms with van der Waals surface area (Å²) in [7, 11) is -0.892. The van der Waals surface area contributed by atoms with E-state index in [-0.39, 0.29) is 6.16 Å². The van der Waals surface area contributed by atoms with Gasteiger partial charge in [-0.05, 0) is 72.7 Å². The van der Waals surface area contributed by atoms with Gasteiger partial charge in [0.15, 0.2) is 14.2 Å². The number of benzene rings is 2. The van der Waals surface area contributed by atoms with Gasteiger partial charge in [0.25, 0.3) is 0 Å². The molecular weight excluding hydrogens is 597 g/mol. The lowest BCUT2D eigenvalue weighted by atomic mass is 9.99. The first-order valence-electron chi connectivity index (χ1n) is 14.9. The lowest BCUT2D eigenvalue weighted by Crippen LogP contribution is -2.13. The molecule has 4 aromatic rings. The van der Waals surface area contributed by atoms with Crippen LogP contribution >= 0.6 is 8.38 Å². The van der Waals surface area contributed by atoms with Crippen molar-refractivity contribution in [3.8, 4) is 5.75 Å². The van der Waals surface area contributed by atoms with Crippen LogP contribution in [-0.2, 0) is 38.3 Å². The van der Waals surface area contributed by atoms with Crippen molar-refractivity contribution in [2.75, 3.05) is 65.3 Å². The summed E-state index contributed by atoms with van der Waals surface area (Å²) in [6, 6.07) is 14.4. The number of carbonyl (C=O) groups excluding carboxylic acids is 1. The largest absolute Gasteiger partial charge is 0.491 e. The van der Waals surface area contributed by atoms with Crippen LogP contribution in [0.2, 0.25) is 0 Å². The second-order valence-corrected chi connectivity index (χ2v) is 11.4. The molecule has 0 saturated heterocycles. The smallest absolute Gasteiger partial charge is 0.167 e. The van der Waals surface area contributed by atoms with Crippen LogP contribution < -0.4 is 10.5 Å². The maximum atomic E-state index is 10.8. The maximum Gasteiger partial charge on any atom is 0.167 e. The number of hydrogen-bond acceptors (Lipinski definition) is 11. The third-order valence-electron chi connectivity index (χ3n) is 7.00. The Balaban J connectivity index is 0.00000271. The van der Waals surface area contributed by atoms with E-state index in [0.29, 0.717) is 70.4 Å². The summed E-state index contributed by atoms with van der Waals surface area (Å²) < 4.78 is 22.1. The molecule has 12 heteroatoms. The average Bonchev–Trinajstić information content (AvgIpc) is 3.04. The summed E-state index contributed by atoms with van der Waals surface area (Å²) in [6.45, 7) is 5.08. The highest BCUT2D eigenvalue weighted by atomic mass is 31.2. The highest BCUT2D eigenvalue weighted by Gasteiger charge is 2.10. The van der Waals surface area contributed by atoms with E-state index in [0.717, 1.165) is 59.4 Å². The monoisotopic (exact) mass is 641 g/mol. The SMILES string of the molecule is CO.Cc1cc(OCCOCCOCCOCCP(O)O)ccc1CCc1cnc2c(N)nc3cc(CCC=O)ccc3c2c1. The van der Waals surface area contributed by atoms with Crippen LogP contribution in [0.15, 0.2) is 48.7 Å². The number of aliphatic hydroxyl groups excluding tert-OH is 1. The number of anilines is 1. The zero-order valence-electron chi connectivity index (χ0n) is 26.0. The molecule has 2 aromatic heterocycles. The fourth-order valence-electron chi connectivity index (χ4n) is 4.74. The Kier molecular flexibility index (Phi) is 16.1. The molecule has 0 aliphatic rings. The Hall–Kier alpha value is -3.28. The van der Waals surface area contributed by atoms with Crippen molar-refractivity contribution in [3.05, 3.63) is 70.9 Å². The number of fused-ring (bicyclic) bond motifs is 3. The molecule has 244 valence electrons. The molecule has 0 amide bonds. The van der Waals surface area contributed by atoms with Crippen LogP contribution in [0, 0.1) is 6.92 Å². The molecule has 2 aromatic carbocycles. The molecule has 45 heavy (non-hydrogen) atoms. The van der Waals surface area contributed by atoms with Gasteiger partial charge in [0, 0.05) is 36.7 Å². The molecule has 0 unspecified atom stereocenters. The first-order chi connectivity index (χ1) is 21.9. The summed E-state index contributed by atoms with van der Waals surface area (Å²) in [5, 5.41) is 8.99. The molecule has 0 atom stereocenters. The molecule has 4 rings (SSSR count). The number of ether oxygens (including phenoxy) is 4. The number of pyridine rings is 2. The number of nitrogen functional groups attached to an aromatic ring is 1. The number of rotatable bonds is 19. The van der Waals surface area contributed by atoms with E-state index >= 15 is 0 Å². The van der Waals surface area contributed by atoms with Crippen molar-refractivity contribution in [1.29, 1.82) is 0 Å². The number of aldehydes is 1. The van der Waals surface area contributed by atoms with E-state index in [1.165, 1.54) is 11.1 Å². The number of aromatic nitrogens is 2. The van der Waals surface area contributed by atoms with E-state index < -0.39 is 8.38 Å². The second kappa shape index (κ2) is 20.0. The molecule has 0 saturated carbocycles. The van der Waals surface area contributed by atoms with E-state index in [1.54, 1.807) is 0 Å². The molecule has 0 radical (unpaired) electrons. The third kappa shape index (κ3) is 11.9. The summed E-state index contributed by atoms with van der Waals surface area (Å²) in [6.07, 6.45) is 5.93. The molecule has 0 spiro atoms. The lowest BCUT2D eigenvalue weighted by Gasteiger charge is -2.12. The molecule has 0 aliphatic carbocycles. The number of carbonyl (C=O) groups is 1. The number of hydrogen-bond donors (Lipinski definition) is 4. The van der Waals surface area contributed by atoms with Crippen molar-refractivity contribution in [2.24, 2.45) is 0 Å². The zero-order valence-corrected chi connectivity index (χ0v) is 26.9. The first kappa shape index (κ1) is 36.2. The van der Waals surface area contributed by atoms with Gasteiger partial charge < -0.3 is 44.4 Å². The van der Waals surface area contributed by atoms with E-state index in [4.69, 9.17) is 39.6 Å². The average molecular weight is 642 g/mol. The number of nitrogens with two attached hydrogens (primary N) is 1. The first-order valence-corrected chi connectivity index (χ1v) is 16.3. The fourth-order valence-corrected chi connectivity index (χ4v) is 5.03. The Morgan fingerprint density at radius 2 is 1.53 bits per heavy atom. The van der Waals surface area contributed by atoms with Crippen LogP contribution in [-0.4, -0.2) is 90.7 Å². The van der Waals surface area contributed by atoms with Gasteiger partial charge in [-0.2, -0.15) is 0 Å². The van der Waals surface area contributed by atoms with Crippen molar-refractivity contribution >= 4 is 42.3 Å². The van der Waals surface area contributed by atoms with Crippen LogP contribution in [0.5, 0.6) is 5.75 Å². The summed E-state index contributed by atoms with van der Waals surface area (Å²) in [5.41, 5.74) is 12.4. The van der Waals surface area contributed by atoms with Crippen molar-refractivity contribution in [2.45, 2.75) is 32.6 Å². The topological polar surface area (TPSA) is 166 Å². The quantitative estimate of drug-likeness (QED) is 0.0507. The van der Waals surface area contributed by atoms with Gasteiger partial charge in [0.05, 0.1) is 45.2 Å². The Morgan fingerprint density at radius 3 is 2.22 bits per heavy atom. The van der Waals surface area contributed by atoms with Gasteiger partial charge in [-0.15, -0.1) is 0 Å². The van der Waals surface area contributed by atoms with Gasteiger partial charge in [-0.1, -0.05) is 18.2 Å². The summed E-state index contributed by atoms with van der Waals surface area (Å²) >= 11 is 0. The normalized spacial score (nSPS) is 11.2. The van der Waals surface area contributed by atoms with Crippen molar-refractivity contribution in [1.82, 2.24) is 9.97 Å². The van der Waals surface area contributed by atoms with Gasteiger partial charge in [-0.25, -0.2) is 4.98 Å². The second-order valence-electron chi connectivity index (χ2n) is 10.2. The lowest BCUT2D eigenvalue weighted by molar-refractivity contribution is -0.107. The Bertz CT molecular complexity index is 1490. The third-order valence-corrected chi connectivity index (χ3v) is 7.59. The minimum atomic E-state index is -1.89. The molecule has 0 fully saturated rings. The molecule has 5 N–H and O–H groups in total. The van der Waals surface area contributed by atoms with E-state index in [1.807, 2.05) is 30.5 Å². The van der Waals surface area contributed by atoms with Crippen LogP contribution in [0.25, 0.3) is 21.8 Å². The molecular formula is C33H44N3O8P. The minimum absolute atomic E-state index is 0.253. The van der Waals surface area contributed by atoms with Crippen LogP contribution in [0.1, 0.15) is 28.7 Å². The highest BCUT2D eigenvalue weighted by Crippen LogP contribution is 2.29. The van der Waals surface area contributed by atoms with Crippen molar-refractivity contribution in [3.63, 3.8) is 0 Å². The predicted octanol–water partition coefficient (Wildman–Crippen LogP) is 3.92. The predicted molar refractivity (Wildman–Crippen MR) is 177 cm³/mol. The standard InChI is InChI=1S/C32H40N3O7P.CH4O/c1-23-19-27(42-16-15-40-12-11-39-13-14-41-17-18-43(37)38)8-7-26(23)6-4-25-20-29-28-9-5-24(3-2-10-36)21-30(28)35-32(33)31(29)34-22-25;1-2/h5,7-10,19-22,37-38H,2-4,6,11-18H2,1H3,(H2,33,35);2H,1H3. The van der Waals surface area contributed by atoms with Crippen LogP contribution in [0.4, 0.5) is 5.82 Å². The number of aryl methyl sites for hydroxylation is 4. The maximum absolute atomic E-state index is 10.8. The Morgan fingerprint density at radius 1 is 0.822 bits per heavy atom. The van der Waals surface area contributed by atoms with Gasteiger partial charge in [0.1, 0.15) is 24.2 Å². The zero-order chi connectivity index (χ0) is 32.4. The highest BCUT2D eigenvalue weighted by molar-refractivity contribution is 7.45. The van der Waals surface area contributed by atoms with Crippen molar-refractivity contribution < 1.29 is 38.6 Å². The van der Waals surface area contributed by atoms with Crippen LogP contribution in [0.3, 0.4) is 0 Å². The number of aliphatic hydroxyl groups is 1.